The van der Waals surface area contributed by atoms with Crippen LogP contribution in [0.15, 0.2) is 18.2 Å². The van der Waals surface area contributed by atoms with Gasteiger partial charge in [0, 0.05) is 6.42 Å². The molecule has 136 valence electrons. The molecule has 0 aliphatic heterocycles. The van der Waals surface area contributed by atoms with Crippen molar-refractivity contribution < 1.29 is 14.6 Å². The van der Waals surface area contributed by atoms with Crippen LogP contribution in [0, 0.1) is 0 Å². The van der Waals surface area contributed by atoms with Crippen LogP contribution in [0.1, 0.15) is 82.3 Å². The van der Waals surface area contributed by atoms with Gasteiger partial charge in [0.2, 0.25) is 0 Å². The molecule has 0 heterocycles. The standard InChI is InChI=1S/C21H34O3/c1-3-4-5-6-7-8-9-12-18-15-16-20(24-2)19(17-18)13-10-11-14-21(22)23/h15-17H,3-14H2,1-2H3,(H,22,23). The van der Waals surface area contributed by atoms with Gasteiger partial charge in [-0.25, -0.2) is 0 Å². The maximum atomic E-state index is 10.6. The molecular weight excluding hydrogens is 300 g/mol. The van der Waals surface area contributed by atoms with Crippen molar-refractivity contribution in [1.29, 1.82) is 0 Å². The van der Waals surface area contributed by atoms with E-state index >= 15 is 0 Å². The molecule has 0 aliphatic rings. The fourth-order valence-electron chi connectivity index (χ4n) is 3.06. The van der Waals surface area contributed by atoms with E-state index < -0.39 is 5.97 Å². The summed E-state index contributed by atoms with van der Waals surface area (Å²) in [6.07, 6.45) is 13.2. The van der Waals surface area contributed by atoms with E-state index in [9.17, 15) is 4.79 Å². The maximum Gasteiger partial charge on any atom is 0.303 e. The first kappa shape index (κ1) is 20.5. The van der Waals surface area contributed by atoms with E-state index in [-0.39, 0.29) is 6.42 Å². The average Bonchev–Trinajstić information content (AvgIpc) is 2.58. The summed E-state index contributed by atoms with van der Waals surface area (Å²) < 4.78 is 5.44. The number of unbranched alkanes of at least 4 members (excludes halogenated alkanes) is 7. The third-order valence-electron chi connectivity index (χ3n) is 4.50. The summed E-state index contributed by atoms with van der Waals surface area (Å²) in [5.41, 5.74) is 2.58. The molecule has 1 rings (SSSR count). The third-order valence-corrected chi connectivity index (χ3v) is 4.50. The lowest BCUT2D eigenvalue weighted by Crippen LogP contribution is -1.98. The predicted molar refractivity (Wildman–Crippen MR) is 99.9 cm³/mol. The van der Waals surface area contributed by atoms with Crippen molar-refractivity contribution in [3.05, 3.63) is 29.3 Å². The number of carboxylic acid groups (broad SMARTS) is 1. The van der Waals surface area contributed by atoms with Crippen LogP contribution >= 0.6 is 0 Å². The van der Waals surface area contributed by atoms with E-state index in [4.69, 9.17) is 9.84 Å². The number of ether oxygens (including phenoxy) is 1. The Balaban J connectivity index is 2.36. The van der Waals surface area contributed by atoms with Gasteiger partial charge < -0.3 is 9.84 Å². The molecule has 0 fully saturated rings. The summed E-state index contributed by atoms with van der Waals surface area (Å²) in [6, 6.07) is 6.47. The van der Waals surface area contributed by atoms with Crippen molar-refractivity contribution in [2.24, 2.45) is 0 Å². The average molecular weight is 335 g/mol. The van der Waals surface area contributed by atoms with Gasteiger partial charge in [-0.2, -0.15) is 0 Å². The number of benzene rings is 1. The first-order valence-electron chi connectivity index (χ1n) is 9.55. The van der Waals surface area contributed by atoms with Crippen molar-refractivity contribution in [3.63, 3.8) is 0 Å². The van der Waals surface area contributed by atoms with E-state index in [2.05, 4.69) is 25.1 Å². The van der Waals surface area contributed by atoms with Crippen molar-refractivity contribution in [3.8, 4) is 5.75 Å². The summed E-state index contributed by atoms with van der Waals surface area (Å²) in [4.78, 5) is 10.6. The first-order chi connectivity index (χ1) is 11.7. The second-order valence-electron chi connectivity index (χ2n) is 6.62. The largest absolute Gasteiger partial charge is 0.496 e. The van der Waals surface area contributed by atoms with Crippen LogP contribution in [0.4, 0.5) is 0 Å². The molecule has 1 aromatic carbocycles. The zero-order valence-electron chi connectivity index (χ0n) is 15.5. The Bertz CT molecular complexity index is 468. The molecule has 0 amide bonds. The summed E-state index contributed by atoms with van der Waals surface area (Å²) in [5.74, 6) is 0.211. The first-order valence-corrected chi connectivity index (χ1v) is 9.55. The van der Waals surface area contributed by atoms with Gasteiger partial charge in [-0.3, -0.25) is 4.79 Å². The fraction of sp³-hybridized carbons (Fsp3) is 0.667. The maximum absolute atomic E-state index is 10.6. The zero-order valence-corrected chi connectivity index (χ0v) is 15.5. The van der Waals surface area contributed by atoms with Crippen LogP contribution in [-0.2, 0) is 17.6 Å². The van der Waals surface area contributed by atoms with Crippen LogP contribution in [0.3, 0.4) is 0 Å². The molecule has 3 nitrogen and oxygen atoms in total. The molecule has 1 aromatic rings. The van der Waals surface area contributed by atoms with Crippen LogP contribution in [0.5, 0.6) is 5.75 Å². The van der Waals surface area contributed by atoms with E-state index in [1.165, 1.54) is 56.1 Å². The van der Waals surface area contributed by atoms with Crippen molar-refractivity contribution in [2.75, 3.05) is 7.11 Å². The van der Waals surface area contributed by atoms with E-state index in [1.807, 2.05) is 0 Å². The van der Waals surface area contributed by atoms with Gasteiger partial charge in [-0.15, -0.1) is 0 Å². The van der Waals surface area contributed by atoms with Gasteiger partial charge in [0.05, 0.1) is 7.11 Å². The predicted octanol–water partition coefficient (Wildman–Crippen LogP) is 5.79. The topological polar surface area (TPSA) is 46.5 Å². The van der Waals surface area contributed by atoms with Crippen LogP contribution in [0.25, 0.3) is 0 Å². The zero-order chi connectivity index (χ0) is 17.6. The summed E-state index contributed by atoms with van der Waals surface area (Å²) in [6.45, 7) is 2.25. The minimum atomic E-state index is -0.713. The van der Waals surface area contributed by atoms with Crippen LogP contribution in [-0.4, -0.2) is 18.2 Å². The SMILES string of the molecule is CCCCCCCCCc1ccc(OC)c(CCCCC(=O)O)c1. The lowest BCUT2D eigenvalue weighted by Gasteiger charge is -2.11. The second kappa shape index (κ2) is 12.9. The molecule has 0 unspecified atom stereocenters. The van der Waals surface area contributed by atoms with Crippen molar-refractivity contribution in [2.45, 2.75) is 84.0 Å². The monoisotopic (exact) mass is 334 g/mol. The van der Waals surface area contributed by atoms with E-state index in [0.717, 1.165) is 31.4 Å². The van der Waals surface area contributed by atoms with Crippen LogP contribution < -0.4 is 4.74 Å². The molecule has 0 saturated heterocycles. The number of aryl methyl sites for hydroxylation is 2. The highest BCUT2D eigenvalue weighted by Gasteiger charge is 2.06. The molecule has 1 N–H and O–H groups in total. The Morgan fingerprint density at radius 3 is 2.29 bits per heavy atom. The lowest BCUT2D eigenvalue weighted by atomic mass is 9.99. The molecule has 24 heavy (non-hydrogen) atoms. The molecule has 0 aromatic heterocycles. The normalized spacial score (nSPS) is 10.8. The molecule has 0 aliphatic carbocycles. The fourth-order valence-corrected chi connectivity index (χ4v) is 3.06. The minimum absolute atomic E-state index is 0.250. The Kier molecular flexibility index (Phi) is 11.0. The summed E-state index contributed by atoms with van der Waals surface area (Å²) >= 11 is 0. The Morgan fingerprint density at radius 2 is 1.62 bits per heavy atom. The van der Waals surface area contributed by atoms with Gasteiger partial charge in [0.15, 0.2) is 0 Å². The summed E-state index contributed by atoms with van der Waals surface area (Å²) in [7, 11) is 1.70. The van der Waals surface area contributed by atoms with Crippen molar-refractivity contribution >= 4 is 5.97 Å². The number of aliphatic carboxylic acids is 1. The van der Waals surface area contributed by atoms with Gasteiger partial charge >= 0.3 is 5.97 Å². The molecular formula is C21H34O3. The van der Waals surface area contributed by atoms with Gasteiger partial charge in [0.25, 0.3) is 0 Å². The highest BCUT2D eigenvalue weighted by molar-refractivity contribution is 5.66. The molecule has 0 bridgehead atoms. The molecule has 3 heteroatoms. The Hall–Kier alpha value is -1.51. The second-order valence-corrected chi connectivity index (χ2v) is 6.62. The lowest BCUT2D eigenvalue weighted by molar-refractivity contribution is -0.137. The quantitative estimate of drug-likeness (QED) is 0.438. The number of carbonyl (C=O) groups is 1. The summed E-state index contributed by atoms with van der Waals surface area (Å²) in [5, 5.41) is 8.72. The van der Waals surface area contributed by atoms with Gasteiger partial charge in [0.1, 0.15) is 5.75 Å². The number of hydrogen-bond donors (Lipinski definition) is 1. The highest BCUT2D eigenvalue weighted by Crippen LogP contribution is 2.23. The minimum Gasteiger partial charge on any atom is -0.496 e. The van der Waals surface area contributed by atoms with Crippen molar-refractivity contribution in [1.82, 2.24) is 0 Å². The van der Waals surface area contributed by atoms with Crippen LogP contribution in [0.2, 0.25) is 0 Å². The molecule has 0 saturated carbocycles. The number of methoxy groups -OCH3 is 1. The van der Waals surface area contributed by atoms with E-state index in [0.29, 0.717) is 0 Å². The molecule has 0 radical (unpaired) electrons. The highest BCUT2D eigenvalue weighted by atomic mass is 16.5. The molecule has 0 atom stereocenters. The van der Waals surface area contributed by atoms with E-state index in [1.54, 1.807) is 7.11 Å². The third kappa shape index (κ3) is 8.95. The molecule has 0 spiro atoms. The number of rotatable bonds is 14. The number of hydrogen-bond acceptors (Lipinski definition) is 2. The Labute approximate surface area is 147 Å². The smallest absolute Gasteiger partial charge is 0.303 e. The Morgan fingerprint density at radius 1 is 0.958 bits per heavy atom. The van der Waals surface area contributed by atoms with Gasteiger partial charge in [-0.1, -0.05) is 57.6 Å². The van der Waals surface area contributed by atoms with Gasteiger partial charge in [-0.05, 0) is 49.3 Å². The number of carboxylic acids is 1.